The number of thioether (sulfide) groups is 1. The fourth-order valence-corrected chi connectivity index (χ4v) is 2.97. The molecule has 100 valence electrons. The molecule has 0 N–H and O–H groups in total. The van der Waals surface area contributed by atoms with Gasteiger partial charge in [0.2, 0.25) is 0 Å². The first-order valence-electron chi connectivity index (χ1n) is 5.54. The quantitative estimate of drug-likeness (QED) is 0.627. The third-order valence-electron chi connectivity index (χ3n) is 2.33. The van der Waals surface area contributed by atoms with E-state index in [9.17, 15) is 13.6 Å². The molecule has 0 saturated carbocycles. The first-order valence-corrected chi connectivity index (χ1v) is 7.30. The van der Waals surface area contributed by atoms with Crippen LogP contribution in [0.5, 0.6) is 0 Å². The highest BCUT2D eigenvalue weighted by atomic mass is 32.2. The molecule has 1 aromatic carbocycles. The van der Waals surface area contributed by atoms with Crippen LogP contribution in [0.1, 0.15) is 23.1 Å². The molecule has 0 radical (unpaired) electrons. The van der Waals surface area contributed by atoms with Crippen molar-refractivity contribution in [2.45, 2.75) is 17.7 Å². The summed E-state index contributed by atoms with van der Waals surface area (Å²) in [4.78, 5) is 16.0. The van der Waals surface area contributed by atoms with E-state index >= 15 is 0 Å². The Balaban J connectivity index is 2.05. The maximum absolute atomic E-state index is 13.4. The minimum absolute atomic E-state index is 0.0593. The molecule has 2 aromatic rings. The number of nitrogens with zero attached hydrogens (tertiary/aromatic N) is 2. The Bertz CT molecular complexity index is 581. The highest BCUT2D eigenvalue weighted by molar-refractivity contribution is 8.01. The van der Waals surface area contributed by atoms with Gasteiger partial charge in [-0.25, -0.2) is 13.8 Å². The van der Waals surface area contributed by atoms with E-state index in [0.717, 1.165) is 23.9 Å². The average molecular weight is 300 g/mol. The van der Waals surface area contributed by atoms with Gasteiger partial charge in [0.25, 0.3) is 0 Å². The summed E-state index contributed by atoms with van der Waals surface area (Å²) >= 11 is 2.32. The molecule has 19 heavy (non-hydrogen) atoms. The molecular formula is C12H10F2N2OS2. The summed E-state index contributed by atoms with van der Waals surface area (Å²) in [5.41, 5.74) is -0.491. The fourth-order valence-electron chi connectivity index (χ4n) is 1.40. The lowest BCUT2D eigenvalue weighted by Gasteiger charge is -2.02. The normalized spacial score (nSPS) is 10.7. The van der Waals surface area contributed by atoms with Crippen molar-refractivity contribution in [2.75, 3.05) is 5.75 Å². The van der Waals surface area contributed by atoms with E-state index in [-0.39, 0.29) is 5.75 Å². The van der Waals surface area contributed by atoms with Gasteiger partial charge in [0.05, 0.1) is 11.3 Å². The Morgan fingerprint density at radius 2 is 2.05 bits per heavy atom. The summed E-state index contributed by atoms with van der Waals surface area (Å²) in [7, 11) is 0. The number of carbonyl (C=O) groups excluding carboxylic acids is 1. The van der Waals surface area contributed by atoms with Gasteiger partial charge in [-0.15, -0.1) is 0 Å². The van der Waals surface area contributed by atoms with Crippen molar-refractivity contribution < 1.29 is 13.6 Å². The molecule has 0 spiro atoms. The standard InChI is InChI=1S/C12H10F2N2OS2/c1-2-10-15-12(19-16-10)18-6-9(17)11-7(13)4-3-5-8(11)14/h3-5H,2,6H2,1H3. The average Bonchev–Trinajstić information content (AvgIpc) is 2.84. The highest BCUT2D eigenvalue weighted by Gasteiger charge is 2.17. The summed E-state index contributed by atoms with van der Waals surface area (Å²) in [6.45, 7) is 1.93. The first-order chi connectivity index (χ1) is 9.11. The molecule has 0 bridgehead atoms. The largest absolute Gasteiger partial charge is 0.293 e. The first kappa shape index (κ1) is 14.1. The summed E-state index contributed by atoms with van der Waals surface area (Å²) in [6.07, 6.45) is 0.715. The molecule has 0 aliphatic rings. The van der Waals surface area contributed by atoms with Crippen LogP contribution in [0.2, 0.25) is 0 Å². The van der Waals surface area contributed by atoms with Gasteiger partial charge in [-0.2, -0.15) is 4.37 Å². The van der Waals surface area contributed by atoms with Crippen LogP contribution in [-0.4, -0.2) is 20.9 Å². The lowest BCUT2D eigenvalue weighted by molar-refractivity contribution is 0.101. The van der Waals surface area contributed by atoms with E-state index in [0.29, 0.717) is 16.6 Å². The van der Waals surface area contributed by atoms with E-state index in [2.05, 4.69) is 9.36 Å². The summed E-state index contributed by atoms with van der Waals surface area (Å²) < 4.78 is 31.5. The third kappa shape index (κ3) is 3.36. The van der Waals surface area contributed by atoms with Crippen molar-refractivity contribution in [1.29, 1.82) is 0 Å². The molecule has 0 amide bonds. The van der Waals surface area contributed by atoms with Crippen molar-refractivity contribution in [3.8, 4) is 0 Å². The van der Waals surface area contributed by atoms with Gasteiger partial charge in [0.1, 0.15) is 17.5 Å². The van der Waals surface area contributed by atoms with Crippen molar-refractivity contribution in [1.82, 2.24) is 9.36 Å². The molecule has 0 atom stereocenters. The summed E-state index contributed by atoms with van der Waals surface area (Å²) in [5.74, 6) is -1.61. The van der Waals surface area contributed by atoms with Crippen LogP contribution in [0.25, 0.3) is 0 Å². The highest BCUT2D eigenvalue weighted by Crippen LogP contribution is 2.23. The molecule has 0 fully saturated rings. The van der Waals surface area contributed by atoms with E-state index in [1.54, 1.807) is 0 Å². The van der Waals surface area contributed by atoms with Gasteiger partial charge in [-0.3, -0.25) is 4.79 Å². The zero-order valence-electron chi connectivity index (χ0n) is 10.0. The number of carbonyl (C=O) groups is 1. The van der Waals surface area contributed by atoms with Crippen molar-refractivity contribution >= 4 is 29.1 Å². The van der Waals surface area contributed by atoms with Crippen LogP contribution in [0.3, 0.4) is 0 Å². The van der Waals surface area contributed by atoms with Crippen LogP contribution >= 0.6 is 23.3 Å². The van der Waals surface area contributed by atoms with Gasteiger partial charge >= 0.3 is 0 Å². The van der Waals surface area contributed by atoms with Crippen molar-refractivity contribution in [2.24, 2.45) is 0 Å². The Kier molecular flexibility index (Phi) is 4.60. The van der Waals surface area contributed by atoms with Gasteiger partial charge in [0.15, 0.2) is 10.1 Å². The molecule has 0 aliphatic carbocycles. The number of aryl methyl sites for hydroxylation is 1. The second-order valence-corrected chi connectivity index (χ2v) is 5.61. The van der Waals surface area contributed by atoms with E-state index in [1.807, 2.05) is 6.92 Å². The summed E-state index contributed by atoms with van der Waals surface area (Å²) in [6, 6.07) is 3.37. The molecule has 0 unspecified atom stereocenters. The SMILES string of the molecule is CCc1nsc(SCC(=O)c2c(F)cccc2F)n1. The fraction of sp³-hybridized carbons (Fsp3) is 0.250. The maximum Gasteiger partial charge on any atom is 0.179 e. The Hall–Kier alpha value is -1.34. The van der Waals surface area contributed by atoms with Gasteiger partial charge in [0, 0.05) is 6.42 Å². The van der Waals surface area contributed by atoms with E-state index < -0.39 is 23.0 Å². The minimum Gasteiger partial charge on any atom is -0.293 e. The zero-order chi connectivity index (χ0) is 13.8. The van der Waals surface area contributed by atoms with Crippen LogP contribution in [0, 0.1) is 11.6 Å². The van der Waals surface area contributed by atoms with Crippen LogP contribution < -0.4 is 0 Å². The Morgan fingerprint density at radius 3 is 2.63 bits per heavy atom. The number of hydrogen-bond donors (Lipinski definition) is 0. The Labute approximate surface area is 117 Å². The second-order valence-electron chi connectivity index (χ2n) is 3.64. The molecule has 2 rings (SSSR count). The van der Waals surface area contributed by atoms with E-state index in [1.165, 1.54) is 17.6 Å². The second kappa shape index (κ2) is 6.21. The third-order valence-corrected chi connectivity index (χ3v) is 4.21. The lowest BCUT2D eigenvalue weighted by atomic mass is 10.1. The number of ketones is 1. The van der Waals surface area contributed by atoms with Crippen LogP contribution in [0.4, 0.5) is 8.78 Å². The number of hydrogen-bond acceptors (Lipinski definition) is 5. The number of halogens is 2. The molecule has 0 aliphatic heterocycles. The topological polar surface area (TPSA) is 42.9 Å². The molecule has 1 heterocycles. The van der Waals surface area contributed by atoms with Gasteiger partial charge in [-0.05, 0) is 23.7 Å². The number of rotatable bonds is 5. The monoisotopic (exact) mass is 300 g/mol. The zero-order valence-corrected chi connectivity index (χ0v) is 11.7. The number of Topliss-reactive ketones (excluding diaryl/α,β-unsaturated/α-hetero) is 1. The molecule has 0 saturated heterocycles. The lowest BCUT2D eigenvalue weighted by Crippen LogP contribution is -2.08. The minimum atomic E-state index is -0.836. The van der Waals surface area contributed by atoms with Gasteiger partial charge < -0.3 is 0 Å². The summed E-state index contributed by atoms with van der Waals surface area (Å²) in [5, 5.41) is 0. The molecular weight excluding hydrogens is 290 g/mol. The smallest absolute Gasteiger partial charge is 0.179 e. The van der Waals surface area contributed by atoms with Crippen molar-refractivity contribution in [3.05, 3.63) is 41.2 Å². The Morgan fingerprint density at radius 1 is 1.37 bits per heavy atom. The number of benzene rings is 1. The van der Waals surface area contributed by atoms with Crippen molar-refractivity contribution in [3.63, 3.8) is 0 Å². The predicted molar refractivity (Wildman–Crippen MR) is 70.7 cm³/mol. The maximum atomic E-state index is 13.4. The number of aromatic nitrogens is 2. The van der Waals surface area contributed by atoms with Crippen LogP contribution in [0.15, 0.2) is 22.5 Å². The molecule has 3 nitrogen and oxygen atoms in total. The molecule has 7 heteroatoms. The predicted octanol–water partition coefficient (Wildman–Crippen LogP) is 3.35. The van der Waals surface area contributed by atoms with E-state index in [4.69, 9.17) is 0 Å². The van der Waals surface area contributed by atoms with Gasteiger partial charge in [-0.1, -0.05) is 24.8 Å². The molecule has 1 aromatic heterocycles. The van der Waals surface area contributed by atoms with Crippen LogP contribution in [-0.2, 0) is 6.42 Å².